The molecule has 1 aromatic carbocycles. The van der Waals surface area contributed by atoms with E-state index in [0.717, 1.165) is 49.3 Å². The van der Waals surface area contributed by atoms with Gasteiger partial charge in [-0.25, -0.2) is 4.98 Å². The minimum atomic E-state index is 0.560. The highest BCUT2D eigenvalue weighted by molar-refractivity contribution is 7.11. The number of likely N-dealkylation sites (tertiary alicyclic amines) is 1. The van der Waals surface area contributed by atoms with E-state index in [1.54, 1.807) is 11.3 Å². The van der Waals surface area contributed by atoms with Crippen molar-refractivity contribution in [3.8, 4) is 0 Å². The Morgan fingerprint density at radius 1 is 1.35 bits per heavy atom. The van der Waals surface area contributed by atoms with E-state index in [1.807, 2.05) is 13.1 Å². The Morgan fingerprint density at radius 2 is 2.15 bits per heavy atom. The topological polar surface area (TPSA) is 49.8 Å². The maximum Gasteiger partial charge on any atom is 0.193 e. The largest absolute Gasteiger partial charge is 0.376 e. The number of aliphatic imine (C=N–C) groups is 1. The fourth-order valence-corrected chi connectivity index (χ4v) is 4.18. The van der Waals surface area contributed by atoms with E-state index in [-0.39, 0.29) is 0 Å². The first kappa shape index (κ1) is 18.9. The molecule has 0 saturated carbocycles. The lowest BCUT2D eigenvalue weighted by Gasteiger charge is -2.21. The number of nitrogens with one attached hydrogen (secondary N) is 1. The van der Waals surface area contributed by atoms with Gasteiger partial charge < -0.3 is 15.0 Å². The third-order valence-corrected chi connectivity index (χ3v) is 5.74. The van der Waals surface area contributed by atoms with Crippen molar-refractivity contribution in [1.82, 2.24) is 15.2 Å². The summed E-state index contributed by atoms with van der Waals surface area (Å²) in [5.41, 5.74) is 2.35. The Labute approximate surface area is 160 Å². The molecule has 1 saturated heterocycles. The predicted molar refractivity (Wildman–Crippen MR) is 108 cm³/mol. The van der Waals surface area contributed by atoms with Crippen molar-refractivity contribution in [2.75, 3.05) is 26.7 Å². The summed E-state index contributed by atoms with van der Waals surface area (Å²) in [7, 11) is 1.85. The van der Waals surface area contributed by atoms with Gasteiger partial charge in [0.25, 0.3) is 0 Å². The maximum absolute atomic E-state index is 5.92. The van der Waals surface area contributed by atoms with Crippen molar-refractivity contribution < 1.29 is 4.74 Å². The van der Waals surface area contributed by atoms with Crippen LogP contribution in [-0.4, -0.2) is 42.6 Å². The summed E-state index contributed by atoms with van der Waals surface area (Å²) in [6.45, 7) is 8.42. The summed E-state index contributed by atoms with van der Waals surface area (Å²) in [6, 6.07) is 10.4. The van der Waals surface area contributed by atoms with E-state index in [2.05, 4.69) is 58.3 Å². The van der Waals surface area contributed by atoms with Crippen LogP contribution in [0.5, 0.6) is 0 Å². The minimum absolute atomic E-state index is 0.560. The van der Waals surface area contributed by atoms with Gasteiger partial charge >= 0.3 is 0 Å². The van der Waals surface area contributed by atoms with Crippen LogP contribution in [0, 0.1) is 19.8 Å². The zero-order valence-corrected chi connectivity index (χ0v) is 16.7. The summed E-state index contributed by atoms with van der Waals surface area (Å²) in [4.78, 5) is 12.6. The Bertz CT molecular complexity index is 729. The molecule has 1 unspecified atom stereocenters. The van der Waals surface area contributed by atoms with Crippen LogP contribution in [0.3, 0.4) is 0 Å². The second-order valence-electron chi connectivity index (χ2n) is 6.74. The first-order valence-electron chi connectivity index (χ1n) is 9.16. The van der Waals surface area contributed by atoms with Gasteiger partial charge in [0.05, 0.1) is 30.5 Å². The Morgan fingerprint density at radius 3 is 2.85 bits per heavy atom. The van der Waals surface area contributed by atoms with E-state index in [1.165, 1.54) is 10.4 Å². The Balaban J connectivity index is 1.43. The van der Waals surface area contributed by atoms with Crippen LogP contribution in [0.2, 0.25) is 0 Å². The molecule has 0 aliphatic carbocycles. The lowest BCUT2D eigenvalue weighted by Crippen LogP contribution is -2.39. The molecule has 0 radical (unpaired) electrons. The molecule has 1 atom stereocenters. The van der Waals surface area contributed by atoms with Crippen LogP contribution in [-0.2, 0) is 17.9 Å². The molecule has 3 rings (SSSR count). The van der Waals surface area contributed by atoms with Gasteiger partial charge in [0.1, 0.15) is 0 Å². The van der Waals surface area contributed by atoms with Crippen LogP contribution in [0.25, 0.3) is 0 Å². The number of nitrogens with zero attached hydrogens (tertiary/aromatic N) is 3. The number of hydrogen-bond donors (Lipinski definition) is 1. The number of hydrogen-bond acceptors (Lipinski definition) is 4. The molecule has 140 valence electrons. The van der Waals surface area contributed by atoms with Gasteiger partial charge in [-0.2, -0.15) is 0 Å². The standard InChI is InChI=1S/C20H28N4OS/c1-15-19(26-16(2)23-15)11-22-20(21-3)24-10-9-18(12-24)14-25-13-17-7-5-4-6-8-17/h4-8,18H,9-14H2,1-3H3,(H,21,22). The molecule has 0 bridgehead atoms. The number of thiazole rings is 1. The molecular weight excluding hydrogens is 344 g/mol. The Hall–Kier alpha value is -1.92. The smallest absolute Gasteiger partial charge is 0.193 e. The van der Waals surface area contributed by atoms with Crippen LogP contribution in [0.15, 0.2) is 35.3 Å². The molecule has 2 aromatic rings. The molecule has 5 nitrogen and oxygen atoms in total. The zero-order valence-electron chi connectivity index (χ0n) is 15.9. The van der Waals surface area contributed by atoms with Gasteiger partial charge in [0, 0.05) is 30.9 Å². The van der Waals surface area contributed by atoms with Gasteiger partial charge in [-0.05, 0) is 25.8 Å². The van der Waals surface area contributed by atoms with Crippen molar-refractivity contribution >= 4 is 17.3 Å². The van der Waals surface area contributed by atoms with E-state index < -0.39 is 0 Å². The zero-order chi connectivity index (χ0) is 18.4. The van der Waals surface area contributed by atoms with Crippen molar-refractivity contribution in [2.24, 2.45) is 10.9 Å². The third kappa shape index (κ3) is 5.05. The number of guanidine groups is 1. The van der Waals surface area contributed by atoms with Crippen LogP contribution in [0.4, 0.5) is 0 Å². The molecule has 1 N–H and O–H groups in total. The third-order valence-electron chi connectivity index (χ3n) is 4.67. The average molecular weight is 373 g/mol. The molecule has 0 amide bonds. The average Bonchev–Trinajstić information content (AvgIpc) is 3.23. The lowest BCUT2D eigenvalue weighted by molar-refractivity contribution is 0.0906. The number of ether oxygens (including phenoxy) is 1. The summed E-state index contributed by atoms with van der Waals surface area (Å²) in [6.07, 6.45) is 1.15. The molecule has 6 heteroatoms. The van der Waals surface area contributed by atoms with E-state index >= 15 is 0 Å². The number of benzene rings is 1. The van der Waals surface area contributed by atoms with E-state index in [4.69, 9.17) is 4.74 Å². The summed E-state index contributed by atoms with van der Waals surface area (Å²) < 4.78 is 5.92. The van der Waals surface area contributed by atoms with Gasteiger partial charge in [-0.3, -0.25) is 4.99 Å². The van der Waals surface area contributed by atoms with Gasteiger partial charge in [-0.15, -0.1) is 11.3 Å². The fraction of sp³-hybridized carbons (Fsp3) is 0.500. The SMILES string of the molecule is CN=C(NCc1sc(C)nc1C)N1CCC(COCc2ccccc2)C1. The Kier molecular flexibility index (Phi) is 6.63. The summed E-state index contributed by atoms with van der Waals surface area (Å²) in [5.74, 6) is 1.53. The monoisotopic (exact) mass is 372 g/mol. The highest BCUT2D eigenvalue weighted by Crippen LogP contribution is 2.19. The normalized spacial score (nSPS) is 17.7. The van der Waals surface area contributed by atoms with Crippen molar-refractivity contribution in [1.29, 1.82) is 0 Å². The van der Waals surface area contributed by atoms with Crippen molar-refractivity contribution in [3.05, 3.63) is 51.5 Å². The first-order chi connectivity index (χ1) is 12.7. The van der Waals surface area contributed by atoms with Crippen molar-refractivity contribution in [2.45, 2.75) is 33.4 Å². The summed E-state index contributed by atoms with van der Waals surface area (Å²) in [5, 5.41) is 4.61. The highest BCUT2D eigenvalue weighted by atomic mass is 32.1. The fourth-order valence-electron chi connectivity index (χ4n) is 3.31. The molecule has 1 aliphatic heterocycles. The van der Waals surface area contributed by atoms with Gasteiger partial charge in [0.15, 0.2) is 5.96 Å². The van der Waals surface area contributed by atoms with Crippen LogP contribution >= 0.6 is 11.3 Å². The second-order valence-corrected chi connectivity index (χ2v) is 8.03. The highest BCUT2D eigenvalue weighted by Gasteiger charge is 2.25. The maximum atomic E-state index is 5.92. The molecule has 1 fully saturated rings. The number of rotatable bonds is 6. The van der Waals surface area contributed by atoms with Crippen LogP contribution in [0.1, 0.15) is 27.6 Å². The van der Waals surface area contributed by atoms with E-state index in [9.17, 15) is 0 Å². The molecule has 0 spiro atoms. The molecular formula is C20H28N4OS. The molecule has 2 heterocycles. The van der Waals surface area contributed by atoms with Gasteiger partial charge in [0.2, 0.25) is 0 Å². The lowest BCUT2D eigenvalue weighted by atomic mass is 10.1. The number of aromatic nitrogens is 1. The predicted octanol–water partition coefficient (Wildman–Crippen LogP) is 3.37. The van der Waals surface area contributed by atoms with Gasteiger partial charge in [-0.1, -0.05) is 30.3 Å². The van der Waals surface area contributed by atoms with E-state index in [0.29, 0.717) is 12.5 Å². The number of aryl methyl sites for hydroxylation is 2. The van der Waals surface area contributed by atoms with Crippen LogP contribution < -0.4 is 5.32 Å². The second kappa shape index (κ2) is 9.14. The first-order valence-corrected chi connectivity index (χ1v) is 9.97. The summed E-state index contributed by atoms with van der Waals surface area (Å²) >= 11 is 1.75. The quantitative estimate of drug-likeness (QED) is 0.624. The molecule has 1 aliphatic rings. The minimum Gasteiger partial charge on any atom is -0.376 e. The van der Waals surface area contributed by atoms with Crippen molar-refractivity contribution in [3.63, 3.8) is 0 Å². The molecule has 26 heavy (non-hydrogen) atoms. The molecule has 1 aromatic heterocycles.